The van der Waals surface area contributed by atoms with Crippen LogP contribution in [0.3, 0.4) is 0 Å². The van der Waals surface area contributed by atoms with Crippen LogP contribution in [-0.2, 0) is 15.1 Å². The van der Waals surface area contributed by atoms with Gasteiger partial charge in [0, 0.05) is 6.54 Å². The fraction of sp³-hybridized carbons (Fsp3) is 0.381. The molecule has 1 N–H and O–H groups in total. The number of hydrogen-bond acceptors (Lipinski definition) is 4. The number of likely N-dealkylation sites (N-methyl/N-ethyl adjacent to an activating group) is 1. The van der Waals surface area contributed by atoms with E-state index in [4.69, 9.17) is 4.74 Å². The molecule has 2 aromatic carbocycles. The minimum absolute atomic E-state index is 0. The molecule has 0 aliphatic rings. The number of carbonyl (C=O) groups excluding carboxylic acids is 1. The summed E-state index contributed by atoms with van der Waals surface area (Å²) in [6.45, 7) is 7.01. The third-order valence-corrected chi connectivity index (χ3v) is 4.31. The van der Waals surface area contributed by atoms with Crippen LogP contribution in [0.2, 0.25) is 0 Å². The van der Waals surface area contributed by atoms with Gasteiger partial charge in [0.15, 0.2) is 0 Å². The molecule has 0 aliphatic heterocycles. The summed E-state index contributed by atoms with van der Waals surface area (Å²) < 4.78 is 5.46. The van der Waals surface area contributed by atoms with Crippen molar-refractivity contribution >= 4 is 18.4 Å². The zero-order valence-electron chi connectivity index (χ0n) is 15.4. The molecule has 0 saturated heterocycles. The van der Waals surface area contributed by atoms with Gasteiger partial charge in [-0.2, -0.15) is 0 Å². The maximum absolute atomic E-state index is 12.8. The fourth-order valence-corrected chi connectivity index (χ4v) is 2.88. The van der Waals surface area contributed by atoms with Crippen molar-refractivity contribution < 1.29 is 14.6 Å². The standard InChI is InChI=1S/C21H27NO3.ClH/c1-3-15-22(4-2)16-17-25-20(23)21(24,18-11-7-5-8-12-18)19-13-9-6-10-14-19;/h5-14,24H,3-4,15-17H2,1-2H3;1H. The molecular weight excluding hydrogens is 350 g/mol. The summed E-state index contributed by atoms with van der Waals surface area (Å²) in [5, 5.41) is 11.3. The van der Waals surface area contributed by atoms with E-state index in [0.717, 1.165) is 19.5 Å². The molecule has 0 bridgehead atoms. The number of halogens is 1. The van der Waals surface area contributed by atoms with E-state index >= 15 is 0 Å². The lowest BCUT2D eigenvalue weighted by molar-refractivity contribution is -0.162. The Hall–Kier alpha value is -1.88. The van der Waals surface area contributed by atoms with Gasteiger partial charge in [0.25, 0.3) is 0 Å². The van der Waals surface area contributed by atoms with E-state index in [-0.39, 0.29) is 19.0 Å². The van der Waals surface area contributed by atoms with E-state index in [9.17, 15) is 9.90 Å². The molecule has 0 unspecified atom stereocenters. The Morgan fingerprint density at radius 1 is 0.962 bits per heavy atom. The smallest absolute Gasteiger partial charge is 0.347 e. The van der Waals surface area contributed by atoms with E-state index in [1.54, 1.807) is 48.5 Å². The monoisotopic (exact) mass is 377 g/mol. The molecule has 5 heteroatoms. The van der Waals surface area contributed by atoms with Crippen LogP contribution in [0, 0.1) is 0 Å². The lowest BCUT2D eigenvalue weighted by Crippen LogP contribution is -2.40. The molecule has 0 aliphatic carbocycles. The summed E-state index contributed by atoms with van der Waals surface area (Å²) in [4.78, 5) is 15.0. The maximum atomic E-state index is 12.8. The van der Waals surface area contributed by atoms with Gasteiger partial charge in [-0.25, -0.2) is 4.79 Å². The first-order valence-corrected chi connectivity index (χ1v) is 8.85. The minimum atomic E-state index is -1.80. The van der Waals surface area contributed by atoms with Crippen molar-refractivity contribution in [2.24, 2.45) is 0 Å². The van der Waals surface area contributed by atoms with Crippen molar-refractivity contribution in [2.45, 2.75) is 25.9 Å². The predicted molar refractivity (Wildman–Crippen MR) is 106 cm³/mol. The van der Waals surface area contributed by atoms with Crippen LogP contribution in [0.4, 0.5) is 0 Å². The van der Waals surface area contributed by atoms with Crippen LogP contribution >= 0.6 is 12.4 Å². The van der Waals surface area contributed by atoms with Crippen LogP contribution in [0.25, 0.3) is 0 Å². The first-order chi connectivity index (χ1) is 12.1. The second-order valence-electron chi connectivity index (χ2n) is 6.01. The minimum Gasteiger partial charge on any atom is -0.462 e. The van der Waals surface area contributed by atoms with E-state index < -0.39 is 11.6 Å². The van der Waals surface area contributed by atoms with Crippen molar-refractivity contribution in [1.82, 2.24) is 4.90 Å². The summed E-state index contributed by atoms with van der Waals surface area (Å²) in [5.74, 6) is -0.641. The quantitative estimate of drug-likeness (QED) is 0.678. The molecule has 0 radical (unpaired) electrons. The van der Waals surface area contributed by atoms with Crippen molar-refractivity contribution in [1.29, 1.82) is 0 Å². The predicted octanol–water partition coefficient (Wildman–Crippen LogP) is 3.62. The highest BCUT2D eigenvalue weighted by molar-refractivity contribution is 5.85. The molecule has 142 valence electrons. The van der Waals surface area contributed by atoms with Gasteiger partial charge >= 0.3 is 5.97 Å². The Kier molecular flexibility index (Phi) is 9.35. The zero-order valence-corrected chi connectivity index (χ0v) is 16.2. The molecule has 0 spiro atoms. The Bertz CT molecular complexity index is 609. The largest absolute Gasteiger partial charge is 0.462 e. The highest BCUT2D eigenvalue weighted by Gasteiger charge is 2.41. The Morgan fingerprint density at radius 2 is 1.46 bits per heavy atom. The molecule has 0 fully saturated rings. The van der Waals surface area contributed by atoms with Crippen molar-refractivity contribution in [3.63, 3.8) is 0 Å². The van der Waals surface area contributed by atoms with Gasteiger partial charge in [-0.05, 0) is 30.6 Å². The number of aliphatic hydroxyl groups is 1. The number of esters is 1. The zero-order chi connectivity index (χ0) is 18.1. The summed E-state index contributed by atoms with van der Waals surface area (Å²) in [6.07, 6.45) is 1.06. The maximum Gasteiger partial charge on any atom is 0.347 e. The fourth-order valence-electron chi connectivity index (χ4n) is 2.88. The molecule has 2 rings (SSSR count). The van der Waals surface area contributed by atoms with Crippen LogP contribution in [0.15, 0.2) is 60.7 Å². The lowest BCUT2D eigenvalue weighted by Gasteiger charge is -2.28. The number of carbonyl (C=O) groups is 1. The Labute approximate surface area is 162 Å². The Balaban J connectivity index is 0.00000338. The number of benzene rings is 2. The average molecular weight is 378 g/mol. The topological polar surface area (TPSA) is 49.8 Å². The number of nitrogens with zero attached hydrogens (tertiary/aromatic N) is 1. The van der Waals surface area contributed by atoms with Gasteiger partial charge in [-0.3, -0.25) is 0 Å². The highest BCUT2D eigenvalue weighted by atomic mass is 35.5. The summed E-state index contributed by atoms with van der Waals surface area (Å²) in [5.41, 5.74) is -0.788. The first kappa shape index (κ1) is 22.2. The van der Waals surface area contributed by atoms with Gasteiger partial charge < -0.3 is 14.7 Å². The van der Waals surface area contributed by atoms with Crippen molar-refractivity contribution in [3.8, 4) is 0 Å². The van der Waals surface area contributed by atoms with Crippen LogP contribution in [0.1, 0.15) is 31.4 Å². The van der Waals surface area contributed by atoms with Crippen LogP contribution in [0.5, 0.6) is 0 Å². The van der Waals surface area contributed by atoms with E-state index in [2.05, 4.69) is 18.7 Å². The summed E-state index contributed by atoms with van der Waals surface area (Å²) >= 11 is 0. The van der Waals surface area contributed by atoms with Gasteiger partial charge in [0.1, 0.15) is 6.61 Å². The second kappa shape index (κ2) is 11.0. The van der Waals surface area contributed by atoms with E-state index in [1.807, 2.05) is 12.1 Å². The normalized spacial score (nSPS) is 11.1. The molecular formula is C21H28ClNO3. The molecule has 0 saturated carbocycles. The Morgan fingerprint density at radius 3 is 1.88 bits per heavy atom. The SMILES string of the molecule is CCCN(CC)CCOC(=O)C(O)(c1ccccc1)c1ccccc1.Cl. The number of hydrogen-bond donors (Lipinski definition) is 1. The molecule has 0 amide bonds. The van der Waals surface area contributed by atoms with Crippen molar-refractivity contribution in [2.75, 3.05) is 26.2 Å². The third kappa shape index (κ3) is 5.31. The van der Waals surface area contributed by atoms with Gasteiger partial charge in [-0.15, -0.1) is 12.4 Å². The second-order valence-corrected chi connectivity index (χ2v) is 6.01. The van der Waals surface area contributed by atoms with Crippen LogP contribution < -0.4 is 0 Å². The number of rotatable bonds is 9. The van der Waals surface area contributed by atoms with Crippen molar-refractivity contribution in [3.05, 3.63) is 71.8 Å². The first-order valence-electron chi connectivity index (χ1n) is 8.85. The average Bonchev–Trinajstić information content (AvgIpc) is 2.67. The molecule has 0 atom stereocenters. The summed E-state index contributed by atoms with van der Waals surface area (Å²) in [7, 11) is 0. The van der Waals surface area contributed by atoms with Crippen LogP contribution in [-0.4, -0.2) is 42.2 Å². The molecule has 0 aromatic heterocycles. The molecule has 0 heterocycles. The highest BCUT2D eigenvalue weighted by Crippen LogP contribution is 2.30. The lowest BCUT2D eigenvalue weighted by atomic mass is 9.86. The third-order valence-electron chi connectivity index (χ3n) is 4.31. The van der Waals surface area contributed by atoms with E-state index in [0.29, 0.717) is 17.7 Å². The number of ether oxygens (including phenoxy) is 1. The van der Waals surface area contributed by atoms with Gasteiger partial charge in [0.2, 0.25) is 5.60 Å². The molecule has 2 aromatic rings. The van der Waals surface area contributed by atoms with Gasteiger partial charge in [0.05, 0.1) is 0 Å². The van der Waals surface area contributed by atoms with E-state index in [1.165, 1.54) is 0 Å². The van der Waals surface area contributed by atoms with Gasteiger partial charge in [-0.1, -0.05) is 74.5 Å². The molecule has 4 nitrogen and oxygen atoms in total. The molecule has 26 heavy (non-hydrogen) atoms. The summed E-state index contributed by atoms with van der Waals surface area (Å²) in [6, 6.07) is 17.9.